The Morgan fingerprint density at radius 3 is 2.42 bits per heavy atom. The normalized spacial score (nSPS) is 16.0. The summed E-state index contributed by atoms with van der Waals surface area (Å²) < 4.78 is 0. The Labute approximate surface area is 144 Å². The Kier molecular flexibility index (Phi) is 5.65. The highest BCUT2D eigenvalue weighted by Gasteiger charge is 2.20. The van der Waals surface area contributed by atoms with Gasteiger partial charge in [-0.15, -0.1) is 0 Å². The summed E-state index contributed by atoms with van der Waals surface area (Å²) >= 11 is 0. The molecule has 1 atom stereocenters. The van der Waals surface area contributed by atoms with E-state index in [1.807, 2.05) is 36.4 Å². The molecule has 0 aliphatic carbocycles. The smallest absolute Gasteiger partial charge is 0.224 e. The van der Waals surface area contributed by atoms with Gasteiger partial charge in [-0.2, -0.15) is 0 Å². The number of rotatable bonds is 6. The van der Waals surface area contributed by atoms with E-state index in [1.54, 1.807) is 0 Å². The lowest BCUT2D eigenvalue weighted by Gasteiger charge is -2.25. The van der Waals surface area contributed by atoms with Crippen LogP contribution in [0.25, 0.3) is 0 Å². The summed E-state index contributed by atoms with van der Waals surface area (Å²) in [5.41, 5.74) is 3.45. The van der Waals surface area contributed by atoms with E-state index in [0.29, 0.717) is 6.42 Å². The van der Waals surface area contributed by atoms with Gasteiger partial charge in [-0.3, -0.25) is 4.79 Å². The number of aryl methyl sites for hydroxylation is 1. The number of hydrogen-bond donors (Lipinski definition) is 1. The lowest BCUT2D eigenvalue weighted by Crippen LogP contribution is -2.37. The quantitative estimate of drug-likeness (QED) is 0.883. The van der Waals surface area contributed by atoms with Crippen LogP contribution in [0, 0.1) is 6.92 Å². The van der Waals surface area contributed by atoms with Crippen molar-refractivity contribution < 1.29 is 4.79 Å². The largest absolute Gasteiger partial charge is 0.348 e. The molecule has 1 N–H and O–H groups in total. The van der Waals surface area contributed by atoms with Crippen molar-refractivity contribution in [2.45, 2.75) is 32.2 Å². The first-order valence-corrected chi connectivity index (χ1v) is 8.83. The molecule has 1 amide bonds. The van der Waals surface area contributed by atoms with Crippen LogP contribution in [-0.4, -0.2) is 30.4 Å². The van der Waals surface area contributed by atoms with Gasteiger partial charge in [0.25, 0.3) is 0 Å². The number of carbonyl (C=O) groups is 1. The van der Waals surface area contributed by atoms with Crippen LogP contribution >= 0.6 is 0 Å². The topological polar surface area (TPSA) is 32.3 Å². The average Bonchev–Trinajstić information content (AvgIpc) is 3.10. The van der Waals surface area contributed by atoms with Gasteiger partial charge in [-0.1, -0.05) is 54.6 Å². The Bertz CT molecular complexity index is 663. The van der Waals surface area contributed by atoms with E-state index in [-0.39, 0.29) is 11.9 Å². The second-order valence-corrected chi connectivity index (χ2v) is 6.64. The van der Waals surface area contributed by atoms with Crippen molar-refractivity contribution >= 4 is 5.91 Å². The number of likely N-dealkylation sites (tertiary alicyclic amines) is 1. The first-order valence-electron chi connectivity index (χ1n) is 8.83. The highest BCUT2D eigenvalue weighted by Crippen LogP contribution is 2.18. The third-order valence-corrected chi connectivity index (χ3v) is 4.79. The fourth-order valence-corrected chi connectivity index (χ4v) is 3.37. The van der Waals surface area contributed by atoms with Crippen LogP contribution in [0.1, 0.15) is 35.6 Å². The second kappa shape index (κ2) is 8.11. The Hall–Kier alpha value is -2.13. The van der Waals surface area contributed by atoms with E-state index in [1.165, 1.54) is 24.0 Å². The zero-order valence-electron chi connectivity index (χ0n) is 14.4. The Morgan fingerprint density at radius 2 is 1.71 bits per heavy atom. The summed E-state index contributed by atoms with van der Waals surface area (Å²) in [4.78, 5) is 15.0. The molecule has 0 spiro atoms. The number of carbonyl (C=O) groups excluding carboxylic acids is 1. The van der Waals surface area contributed by atoms with Gasteiger partial charge in [-0.25, -0.2) is 0 Å². The minimum absolute atomic E-state index is 0.0563. The van der Waals surface area contributed by atoms with Crippen LogP contribution in [0.3, 0.4) is 0 Å². The van der Waals surface area contributed by atoms with Crippen molar-refractivity contribution in [2.24, 2.45) is 0 Å². The molecule has 3 rings (SSSR count). The minimum atomic E-state index is 0.0563. The predicted molar refractivity (Wildman–Crippen MR) is 97.9 cm³/mol. The molecule has 0 saturated carbocycles. The van der Waals surface area contributed by atoms with E-state index < -0.39 is 0 Å². The zero-order chi connectivity index (χ0) is 16.8. The van der Waals surface area contributed by atoms with Gasteiger partial charge in [0, 0.05) is 6.54 Å². The van der Waals surface area contributed by atoms with Crippen molar-refractivity contribution in [3.8, 4) is 0 Å². The lowest BCUT2D eigenvalue weighted by atomic mass is 10.0. The molecule has 3 nitrogen and oxygen atoms in total. The van der Waals surface area contributed by atoms with Gasteiger partial charge in [0.2, 0.25) is 5.91 Å². The summed E-state index contributed by atoms with van der Waals surface area (Å²) in [7, 11) is 0. The summed E-state index contributed by atoms with van der Waals surface area (Å²) in [6.45, 7) is 5.22. The van der Waals surface area contributed by atoms with Crippen LogP contribution in [0.15, 0.2) is 54.6 Å². The summed E-state index contributed by atoms with van der Waals surface area (Å²) in [5, 5.41) is 3.26. The van der Waals surface area contributed by atoms with E-state index >= 15 is 0 Å². The monoisotopic (exact) mass is 322 g/mol. The fourth-order valence-electron chi connectivity index (χ4n) is 3.37. The van der Waals surface area contributed by atoms with Crippen molar-refractivity contribution in [1.82, 2.24) is 10.2 Å². The average molecular weight is 322 g/mol. The van der Waals surface area contributed by atoms with Crippen molar-refractivity contribution in [2.75, 3.05) is 19.6 Å². The van der Waals surface area contributed by atoms with Crippen LogP contribution in [0.4, 0.5) is 0 Å². The van der Waals surface area contributed by atoms with Crippen LogP contribution < -0.4 is 5.32 Å². The molecule has 1 aliphatic rings. The molecule has 0 bridgehead atoms. The maximum atomic E-state index is 12.6. The highest BCUT2D eigenvalue weighted by atomic mass is 16.1. The summed E-state index contributed by atoms with van der Waals surface area (Å²) in [6.07, 6.45) is 2.97. The molecular formula is C21H26N2O. The van der Waals surface area contributed by atoms with Crippen molar-refractivity contribution in [1.29, 1.82) is 0 Å². The van der Waals surface area contributed by atoms with E-state index in [2.05, 4.69) is 35.3 Å². The molecule has 1 unspecified atom stereocenters. The third-order valence-electron chi connectivity index (χ3n) is 4.79. The molecule has 1 aliphatic heterocycles. The van der Waals surface area contributed by atoms with Gasteiger partial charge in [0.15, 0.2) is 0 Å². The van der Waals surface area contributed by atoms with Gasteiger partial charge < -0.3 is 10.2 Å². The predicted octanol–water partition coefficient (Wildman–Crippen LogP) is 3.49. The van der Waals surface area contributed by atoms with Gasteiger partial charge in [0.05, 0.1) is 12.5 Å². The number of benzene rings is 2. The van der Waals surface area contributed by atoms with Gasteiger partial charge in [0.1, 0.15) is 0 Å². The van der Waals surface area contributed by atoms with Crippen molar-refractivity contribution in [3.05, 3.63) is 71.3 Å². The molecule has 2 aromatic rings. The molecule has 1 heterocycles. The van der Waals surface area contributed by atoms with E-state index in [9.17, 15) is 4.79 Å². The first kappa shape index (κ1) is 16.7. The maximum absolute atomic E-state index is 12.6. The molecule has 0 radical (unpaired) electrons. The van der Waals surface area contributed by atoms with E-state index in [4.69, 9.17) is 0 Å². The molecule has 24 heavy (non-hydrogen) atoms. The molecular weight excluding hydrogens is 296 g/mol. The fraction of sp³-hybridized carbons (Fsp3) is 0.381. The van der Waals surface area contributed by atoms with Crippen LogP contribution in [-0.2, 0) is 11.2 Å². The number of nitrogens with one attached hydrogen (secondary N) is 1. The minimum Gasteiger partial charge on any atom is -0.348 e. The Balaban J connectivity index is 1.68. The first-order chi connectivity index (χ1) is 11.7. The van der Waals surface area contributed by atoms with Gasteiger partial charge in [-0.05, 0) is 49.5 Å². The van der Waals surface area contributed by atoms with Crippen LogP contribution in [0.2, 0.25) is 0 Å². The molecule has 1 saturated heterocycles. The number of amides is 1. The molecule has 3 heteroatoms. The molecule has 1 fully saturated rings. The SMILES string of the molecule is Cc1ccccc1CC(=O)NC(CN1CCCC1)c1ccccc1. The van der Waals surface area contributed by atoms with Crippen molar-refractivity contribution in [3.63, 3.8) is 0 Å². The lowest BCUT2D eigenvalue weighted by molar-refractivity contribution is -0.121. The molecule has 0 aromatic heterocycles. The van der Waals surface area contributed by atoms with Gasteiger partial charge >= 0.3 is 0 Å². The standard InChI is InChI=1S/C21H26N2O/c1-17-9-5-6-12-19(17)15-21(24)22-20(16-23-13-7-8-14-23)18-10-3-2-4-11-18/h2-6,9-12,20H,7-8,13-16H2,1H3,(H,22,24). The summed E-state index contributed by atoms with van der Waals surface area (Å²) in [6, 6.07) is 18.5. The highest BCUT2D eigenvalue weighted by molar-refractivity contribution is 5.79. The maximum Gasteiger partial charge on any atom is 0.224 e. The van der Waals surface area contributed by atoms with Crippen LogP contribution in [0.5, 0.6) is 0 Å². The van der Waals surface area contributed by atoms with E-state index in [0.717, 1.165) is 25.2 Å². The Morgan fingerprint density at radius 1 is 1.04 bits per heavy atom. The molecule has 2 aromatic carbocycles. The molecule has 126 valence electrons. The second-order valence-electron chi connectivity index (χ2n) is 6.64. The zero-order valence-corrected chi connectivity index (χ0v) is 14.4. The summed E-state index contributed by atoms with van der Waals surface area (Å²) in [5.74, 6) is 0.0948. The number of nitrogens with zero attached hydrogens (tertiary/aromatic N) is 1. The third kappa shape index (κ3) is 4.45. The number of hydrogen-bond acceptors (Lipinski definition) is 2.